The molecule has 8 heteroatoms. The highest BCUT2D eigenvalue weighted by Crippen LogP contribution is 2.28. The molecule has 7 nitrogen and oxygen atoms in total. The van der Waals surface area contributed by atoms with Crippen molar-refractivity contribution in [1.29, 1.82) is 0 Å². The Morgan fingerprint density at radius 2 is 2.11 bits per heavy atom. The molecule has 0 bridgehead atoms. The molecule has 2 N–H and O–H groups in total. The highest BCUT2D eigenvalue weighted by molar-refractivity contribution is 7.15. The average Bonchev–Trinajstić information content (AvgIpc) is 3.08. The zero-order valence-corrected chi connectivity index (χ0v) is 16.3. The number of aromatic nitrogens is 1. The fraction of sp³-hybridized carbons (Fsp3) is 0.421. The van der Waals surface area contributed by atoms with Gasteiger partial charge in [-0.25, -0.2) is 9.78 Å². The van der Waals surface area contributed by atoms with Gasteiger partial charge in [0.25, 0.3) is 0 Å². The van der Waals surface area contributed by atoms with E-state index in [0.29, 0.717) is 5.13 Å². The minimum absolute atomic E-state index is 0.161. The van der Waals surface area contributed by atoms with Crippen molar-refractivity contribution >= 4 is 28.5 Å². The van der Waals surface area contributed by atoms with Crippen molar-refractivity contribution in [3.8, 4) is 0 Å². The first-order valence-electron chi connectivity index (χ1n) is 9.04. The van der Waals surface area contributed by atoms with Gasteiger partial charge in [0.1, 0.15) is 12.6 Å². The van der Waals surface area contributed by atoms with E-state index in [0.717, 1.165) is 37.3 Å². The number of rotatable bonds is 6. The number of hydrogen-bond acceptors (Lipinski definition) is 6. The van der Waals surface area contributed by atoms with Gasteiger partial charge in [-0.1, -0.05) is 37.3 Å². The van der Waals surface area contributed by atoms with E-state index in [1.807, 2.05) is 30.3 Å². The summed E-state index contributed by atoms with van der Waals surface area (Å²) in [5.41, 5.74) is 1.95. The van der Waals surface area contributed by atoms with Gasteiger partial charge in [0, 0.05) is 24.4 Å². The minimum atomic E-state index is -0.721. The lowest BCUT2D eigenvalue weighted by atomic mass is 10.2. The van der Waals surface area contributed by atoms with Gasteiger partial charge in [0.2, 0.25) is 5.91 Å². The Bertz CT molecular complexity index is 794. The van der Waals surface area contributed by atoms with Gasteiger partial charge in [0.05, 0.1) is 5.69 Å². The molecule has 0 saturated heterocycles. The average molecular weight is 388 g/mol. The largest absolute Gasteiger partial charge is 0.445 e. The topological polar surface area (TPSA) is 83.6 Å². The maximum Gasteiger partial charge on any atom is 0.408 e. The Morgan fingerprint density at radius 3 is 2.85 bits per heavy atom. The van der Waals surface area contributed by atoms with E-state index in [1.165, 1.54) is 16.2 Å². The molecule has 1 atom stereocenters. The number of carbonyl (C=O) groups excluding carboxylic acids is 2. The van der Waals surface area contributed by atoms with Gasteiger partial charge < -0.3 is 15.4 Å². The van der Waals surface area contributed by atoms with Crippen molar-refractivity contribution in [1.82, 2.24) is 15.2 Å². The SMILES string of the molecule is CCN1CCc2nc(NC(=O)[C@H](C)NC(=O)OCc3ccccc3)sc2C1. The van der Waals surface area contributed by atoms with E-state index in [9.17, 15) is 9.59 Å². The molecule has 1 aliphatic rings. The maximum absolute atomic E-state index is 12.3. The third-order valence-electron chi connectivity index (χ3n) is 4.43. The minimum Gasteiger partial charge on any atom is -0.445 e. The third-order valence-corrected chi connectivity index (χ3v) is 5.43. The summed E-state index contributed by atoms with van der Waals surface area (Å²) in [6.45, 7) is 6.79. The lowest BCUT2D eigenvalue weighted by Gasteiger charge is -2.23. The van der Waals surface area contributed by atoms with Crippen LogP contribution >= 0.6 is 11.3 Å². The standard InChI is InChI=1S/C19H24N4O3S/c1-3-23-10-9-15-16(11-23)27-18(21-15)22-17(24)13(2)20-19(25)26-12-14-7-5-4-6-8-14/h4-8,13H,3,9-12H2,1-2H3,(H,20,25)(H,21,22,24)/t13-/m0/s1. The van der Waals surface area contributed by atoms with Crippen LogP contribution in [0.4, 0.5) is 9.93 Å². The number of likely N-dealkylation sites (N-methyl/N-ethyl adjacent to an activating group) is 1. The number of ether oxygens (including phenoxy) is 1. The Hall–Kier alpha value is -2.45. The van der Waals surface area contributed by atoms with E-state index >= 15 is 0 Å². The molecule has 0 saturated carbocycles. The van der Waals surface area contributed by atoms with Crippen LogP contribution in [0.2, 0.25) is 0 Å². The molecule has 2 heterocycles. The number of hydrogen-bond donors (Lipinski definition) is 2. The number of thiazole rings is 1. The summed E-state index contributed by atoms with van der Waals surface area (Å²) in [6, 6.07) is 8.66. The molecular weight excluding hydrogens is 364 g/mol. The molecule has 0 fully saturated rings. The molecule has 2 amide bonds. The number of fused-ring (bicyclic) bond motifs is 1. The van der Waals surface area contributed by atoms with E-state index in [-0.39, 0.29) is 12.5 Å². The first-order chi connectivity index (χ1) is 13.0. The van der Waals surface area contributed by atoms with Crippen LogP contribution < -0.4 is 10.6 Å². The Kier molecular flexibility index (Phi) is 6.41. The number of carbonyl (C=O) groups is 2. The summed E-state index contributed by atoms with van der Waals surface area (Å²) in [4.78, 5) is 32.3. The van der Waals surface area contributed by atoms with E-state index < -0.39 is 12.1 Å². The van der Waals surface area contributed by atoms with Crippen molar-refractivity contribution in [3.05, 3.63) is 46.5 Å². The summed E-state index contributed by atoms with van der Waals surface area (Å²) < 4.78 is 5.14. The number of anilines is 1. The number of amides is 2. The molecule has 0 aliphatic carbocycles. The van der Waals surface area contributed by atoms with Crippen molar-refractivity contribution in [2.45, 2.75) is 39.5 Å². The van der Waals surface area contributed by atoms with Crippen LogP contribution in [-0.4, -0.2) is 41.0 Å². The fourth-order valence-electron chi connectivity index (χ4n) is 2.79. The van der Waals surface area contributed by atoms with Gasteiger partial charge in [-0.2, -0.15) is 0 Å². The van der Waals surface area contributed by atoms with Gasteiger partial charge in [-0.15, -0.1) is 11.3 Å². The zero-order valence-electron chi connectivity index (χ0n) is 15.5. The second-order valence-corrected chi connectivity index (χ2v) is 7.51. The van der Waals surface area contributed by atoms with Crippen molar-refractivity contribution in [3.63, 3.8) is 0 Å². The predicted molar refractivity (Wildman–Crippen MR) is 105 cm³/mol. The van der Waals surface area contributed by atoms with Crippen LogP contribution in [0.3, 0.4) is 0 Å². The number of nitrogens with zero attached hydrogens (tertiary/aromatic N) is 2. The van der Waals surface area contributed by atoms with Crippen molar-refractivity contribution < 1.29 is 14.3 Å². The number of alkyl carbamates (subject to hydrolysis) is 1. The monoisotopic (exact) mass is 388 g/mol. The highest BCUT2D eigenvalue weighted by Gasteiger charge is 2.22. The van der Waals surface area contributed by atoms with Crippen LogP contribution in [0.15, 0.2) is 30.3 Å². The Morgan fingerprint density at radius 1 is 1.33 bits per heavy atom. The van der Waals surface area contributed by atoms with Crippen molar-refractivity contribution in [2.24, 2.45) is 0 Å². The molecule has 27 heavy (non-hydrogen) atoms. The highest BCUT2D eigenvalue weighted by atomic mass is 32.1. The van der Waals surface area contributed by atoms with Crippen LogP contribution in [-0.2, 0) is 29.1 Å². The molecule has 1 aromatic heterocycles. The molecular formula is C19H24N4O3S. The molecule has 144 valence electrons. The van der Waals surface area contributed by atoms with Crippen LogP contribution in [0.25, 0.3) is 0 Å². The molecule has 0 radical (unpaired) electrons. The third kappa shape index (κ3) is 5.27. The van der Waals surface area contributed by atoms with Crippen LogP contribution in [0, 0.1) is 0 Å². The Labute approximate surface area is 162 Å². The smallest absolute Gasteiger partial charge is 0.408 e. The summed E-state index contributed by atoms with van der Waals surface area (Å²) in [7, 11) is 0. The molecule has 1 aliphatic heterocycles. The molecule has 0 spiro atoms. The summed E-state index contributed by atoms with van der Waals surface area (Å²) >= 11 is 1.50. The lowest BCUT2D eigenvalue weighted by Crippen LogP contribution is -2.41. The lowest BCUT2D eigenvalue weighted by molar-refractivity contribution is -0.117. The second-order valence-electron chi connectivity index (χ2n) is 6.42. The summed E-state index contributed by atoms with van der Waals surface area (Å²) in [5.74, 6) is -0.315. The Balaban J connectivity index is 1.48. The summed E-state index contributed by atoms with van der Waals surface area (Å²) in [5, 5.41) is 5.91. The predicted octanol–water partition coefficient (Wildman–Crippen LogP) is 2.77. The van der Waals surface area contributed by atoms with Gasteiger partial charge in [0.15, 0.2) is 5.13 Å². The summed E-state index contributed by atoms with van der Waals surface area (Å²) in [6.07, 6.45) is 0.272. The number of nitrogens with one attached hydrogen (secondary N) is 2. The number of benzene rings is 1. The van der Waals surface area contributed by atoms with Crippen LogP contribution in [0.1, 0.15) is 30.0 Å². The molecule has 2 aromatic rings. The normalized spacial score (nSPS) is 14.9. The maximum atomic E-state index is 12.3. The molecule has 0 unspecified atom stereocenters. The quantitative estimate of drug-likeness (QED) is 0.795. The van der Waals surface area contributed by atoms with Crippen LogP contribution in [0.5, 0.6) is 0 Å². The van der Waals surface area contributed by atoms with Gasteiger partial charge >= 0.3 is 6.09 Å². The second kappa shape index (κ2) is 8.96. The van der Waals surface area contributed by atoms with Crippen molar-refractivity contribution in [2.75, 3.05) is 18.4 Å². The molecule has 3 rings (SSSR count). The van der Waals surface area contributed by atoms with E-state index in [1.54, 1.807) is 6.92 Å². The molecule has 1 aromatic carbocycles. The van der Waals surface area contributed by atoms with E-state index in [4.69, 9.17) is 4.74 Å². The van der Waals surface area contributed by atoms with E-state index in [2.05, 4.69) is 27.4 Å². The zero-order chi connectivity index (χ0) is 19.2. The van der Waals surface area contributed by atoms with Gasteiger partial charge in [-0.05, 0) is 19.0 Å². The van der Waals surface area contributed by atoms with Gasteiger partial charge in [-0.3, -0.25) is 9.69 Å². The first-order valence-corrected chi connectivity index (χ1v) is 9.85. The first kappa shape index (κ1) is 19.3. The fourth-order valence-corrected chi connectivity index (χ4v) is 3.85.